The monoisotopic (exact) mass is 392 g/mol. The van der Waals surface area contributed by atoms with Gasteiger partial charge in [0.1, 0.15) is 12.3 Å². The smallest absolute Gasteiger partial charge is 0.324 e. The molecular weight excluding hydrogens is 372 g/mol. The van der Waals surface area contributed by atoms with Crippen molar-refractivity contribution in [3.63, 3.8) is 0 Å². The standard InChI is InChI=1S/C18H20N2O6S/c1-12-4-9-17(26-3)16(10-12)20(11-18(22)23)27(24,25)15-7-5-14(6-8-15)19-13(2)21/h4-10H,11H2,1-3H3,(H,19,21)(H,22,23). The van der Waals surface area contributed by atoms with E-state index in [9.17, 15) is 23.1 Å². The molecule has 144 valence electrons. The van der Waals surface area contributed by atoms with Crippen molar-refractivity contribution in [2.24, 2.45) is 0 Å². The van der Waals surface area contributed by atoms with Crippen LogP contribution in [0.3, 0.4) is 0 Å². The van der Waals surface area contributed by atoms with Crippen LogP contribution in [0.25, 0.3) is 0 Å². The van der Waals surface area contributed by atoms with Crippen LogP contribution in [0.1, 0.15) is 12.5 Å². The van der Waals surface area contributed by atoms with Crippen LogP contribution in [0.5, 0.6) is 5.75 Å². The Kier molecular flexibility index (Phi) is 6.06. The molecule has 0 radical (unpaired) electrons. The van der Waals surface area contributed by atoms with E-state index >= 15 is 0 Å². The number of hydrogen-bond donors (Lipinski definition) is 2. The number of ether oxygens (including phenoxy) is 1. The fourth-order valence-corrected chi connectivity index (χ4v) is 3.87. The Labute approximate surface area is 157 Å². The molecule has 8 nitrogen and oxygen atoms in total. The third kappa shape index (κ3) is 4.76. The number of anilines is 2. The molecule has 1 amide bonds. The van der Waals surface area contributed by atoms with Crippen LogP contribution in [0.15, 0.2) is 47.4 Å². The third-order valence-electron chi connectivity index (χ3n) is 3.64. The summed E-state index contributed by atoms with van der Waals surface area (Å²) in [5.74, 6) is -1.36. The molecule has 0 fully saturated rings. The first-order valence-electron chi connectivity index (χ1n) is 7.92. The Morgan fingerprint density at radius 3 is 2.30 bits per heavy atom. The number of aryl methyl sites for hydroxylation is 1. The number of rotatable bonds is 7. The average molecular weight is 392 g/mol. The molecule has 2 aromatic carbocycles. The van der Waals surface area contributed by atoms with E-state index in [2.05, 4.69) is 5.32 Å². The summed E-state index contributed by atoms with van der Waals surface area (Å²) >= 11 is 0. The van der Waals surface area contributed by atoms with Crippen molar-refractivity contribution in [3.8, 4) is 5.75 Å². The lowest BCUT2D eigenvalue weighted by Gasteiger charge is -2.25. The summed E-state index contributed by atoms with van der Waals surface area (Å²) in [5, 5.41) is 11.8. The number of carbonyl (C=O) groups is 2. The topological polar surface area (TPSA) is 113 Å². The summed E-state index contributed by atoms with van der Waals surface area (Å²) in [5.41, 5.74) is 1.31. The lowest BCUT2D eigenvalue weighted by atomic mass is 10.2. The lowest BCUT2D eigenvalue weighted by Crippen LogP contribution is -2.36. The molecule has 9 heteroatoms. The molecule has 0 atom stereocenters. The molecule has 27 heavy (non-hydrogen) atoms. The number of methoxy groups -OCH3 is 1. The molecule has 0 spiro atoms. The molecule has 0 aliphatic carbocycles. The highest BCUT2D eigenvalue weighted by Gasteiger charge is 2.29. The number of benzene rings is 2. The number of carboxylic acid groups (broad SMARTS) is 1. The van der Waals surface area contributed by atoms with Gasteiger partial charge in [-0.3, -0.25) is 13.9 Å². The molecule has 0 bridgehead atoms. The Morgan fingerprint density at radius 2 is 1.78 bits per heavy atom. The van der Waals surface area contributed by atoms with Crippen molar-refractivity contribution in [2.45, 2.75) is 18.7 Å². The minimum absolute atomic E-state index is 0.110. The van der Waals surface area contributed by atoms with Gasteiger partial charge < -0.3 is 15.2 Å². The Hall–Kier alpha value is -3.07. The zero-order valence-electron chi connectivity index (χ0n) is 15.1. The molecule has 0 saturated carbocycles. The lowest BCUT2D eigenvalue weighted by molar-refractivity contribution is -0.135. The van der Waals surface area contributed by atoms with Crippen LogP contribution in [-0.2, 0) is 19.6 Å². The largest absolute Gasteiger partial charge is 0.495 e. The first-order valence-corrected chi connectivity index (χ1v) is 9.36. The predicted octanol–water partition coefficient (Wildman–Crippen LogP) is 2.24. The molecular formula is C18H20N2O6S. The van der Waals surface area contributed by atoms with Gasteiger partial charge in [0.2, 0.25) is 5.91 Å². The van der Waals surface area contributed by atoms with Crippen molar-refractivity contribution in [1.82, 2.24) is 0 Å². The fraction of sp³-hybridized carbons (Fsp3) is 0.222. The number of sulfonamides is 1. The maximum atomic E-state index is 13.1. The minimum atomic E-state index is -4.18. The maximum Gasteiger partial charge on any atom is 0.324 e. The summed E-state index contributed by atoms with van der Waals surface area (Å²) in [6.07, 6.45) is 0. The van der Waals surface area contributed by atoms with E-state index in [1.807, 2.05) is 0 Å². The van der Waals surface area contributed by atoms with Crippen molar-refractivity contribution in [1.29, 1.82) is 0 Å². The maximum absolute atomic E-state index is 13.1. The van der Waals surface area contributed by atoms with E-state index < -0.39 is 22.5 Å². The quantitative estimate of drug-likeness (QED) is 0.747. The Balaban J connectivity index is 2.54. The molecule has 2 rings (SSSR count). The van der Waals surface area contributed by atoms with Crippen molar-refractivity contribution >= 4 is 33.3 Å². The van der Waals surface area contributed by atoms with Gasteiger partial charge in [-0.25, -0.2) is 8.42 Å². The third-order valence-corrected chi connectivity index (χ3v) is 5.42. The second-order valence-electron chi connectivity index (χ2n) is 5.79. The molecule has 0 aromatic heterocycles. The van der Waals surface area contributed by atoms with E-state index in [4.69, 9.17) is 4.74 Å². The first-order chi connectivity index (χ1) is 12.6. The van der Waals surface area contributed by atoms with Crippen LogP contribution in [0, 0.1) is 6.92 Å². The summed E-state index contributed by atoms with van der Waals surface area (Å²) in [7, 11) is -2.81. The molecule has 0 aliphatic heterocycles. The summed E-state index contributed by atoms with van der Waals surface area (Å²) in [6, 6.07) is 10.3. The van der Waals surface area contributed by atoms with Crippen molar-refractivity contribution in [2.75, 3.05) is 23.3 Å². The van der Waals surface area contributed by atoms with Gasteiger partial charge in [-0.2, -0.15) is 0 Å². The first kappa shape index (κ1) is 20.2. The van der Waals surface area contributed by atoms with Gasteiger partial charge in [-0.1, -0.05) is 6.07 Å². The number of carboxylic acids is 1. The van der Waals surface area contributed by atoms with E-state index in [0.717, 1.165) is 9.87 Å². The van der Waals surface area contributed by atoms with Crippen LogP contribution in [0.4, 0.5) is 11.4 Å². The van der Waals surface area contributed by atoms with Gasteiger partial charge in [-0.15, -0.1) is 0 Å². The molecule has 2 N–H and O–H groups in total. The van der Waals surface area contributed by atoms with E-state index in [-0.39, 0.29) is 22.2 Å². The zero-order valence-corrected chi connectivity index (χ0v) is 15.9. The Morgan fingerprint density at radius 1 is 1.15 bits per heavy atom. The zero-order chi connectivity index (χ0) is 20.2. The highest BCUT2D eigenvalue weighted by molar-refractivity contribution is 7.92. The molecule has 2 aromatic rings. The van der Waals surface area contributed by atoms with Crippen LogP contribution in [0.2, 0.25) is 0 Å². The van der Waals surface area contributed by atoms with E-state index in [1.54, 1.807) is 25.1 Å². The second-order valence-corrected chi connectivity index (χ2v) is 7.65. The van der Waals surface area contributed by atoms with Gasteiger partial charge in [0.25, 0.3) is 10.0 Å². The number of amides is 1. The minimum Gasteiger partial charge on any atom is -0.495 e. The second kappa shape index (κ2) is 8.09. The van der Waals surface area contributed by atoms with Crippen LogP contribution < -0.4 is 14.4 Å². The summed E-state index contributed by atoms with van der Waals surface area (Å²) in [6.45, 7) is 2.33. The normalized spacial score (nSPS) is 10.9. The van der Waals surface area contributed by atoms with Gasteiger partial charge in [0.05, 0.1) is 17.7 Å². The highest BCUT2D eigenvalue weighted by atomic mass is 32.2. The van der Waals surface area contributed by atoms with Crippen molar-refractivity contribution in [3.05, 3.63) is 48.0 Å². The number of aliphatic carboxylic acids is 1. The molecule has 0 aliphatic rings. The summed E-state index contributed by atoms with van der Waals surface area (Å²) < 4.78 is 32.2. The van der Waals surface area contributed by atoms with Gasteiger partial charge in [0, 0.05) is 12.6 Å². The van der Waals surface area contributed by atoms with E-state index in [0.29, 0.717) is 5.69 Å². The van der Waals surface area contributed by atoms with Crippen LogP contribution >= 0.6 is 0 Å². The molecule has 0 heterocycles. The number of nitrogens with one attached hydrogen (secondary N) is 1. The Bertz CT molecular complexity index is 954. The molecule has 0 unspecified atom stereocenters. The highest BCUT2D eigenvalue weighted by Crippen LogP contribution is 2.33. The van der Waals surface area contributed by atoms with Crippen LogP contribution in [-0.4, -0.2) is 39.1 Å². The van der Waals surface area contributed by atoms with Gasteiger partial charge >= 0.3 is 5.97 Å². The average Bonchev–Trinajstić information content (AvgIpc) is 2.59. The number of nitrogens with zero attached hydrogens (tertiary/aromatic N) is 1. The summed E-state index contributed by atoms with van der Waals surface area (Å²) in [4.78, 5) is 22.3. The van der Waals surface area contributed by atoms with Gasteiger partial charge in [-0.05, 0) is 48.9 Å². The predicted molar refractivity (Wildman–Crippen MR) is 101 cm³/mol. The molecule has 0 saturated heterocycles. The van der Waals surface area contributed by atoms with E-state index in [1.165, 1.54) is 38.3 Å². The fourth-order valence-electron chi connectivity index (χ4n) is 2.46. The number of carbonyl (C=O) groups excluding carboxylic acids is 1. The number of hydrogen-bond acceptors (Lipinski definition) is 5. The van der Waals surface area contributed by atoms with Gasteiger partial charge in [0.15, 0.2) is 0 Å². The van der Waals surface area contributed by atoms with Crippen molar-refractivity contribution < 1.29 is 27.9 Å². The SMILES string of the molecule is COc1ccc(C)cc1N(CC(=O)O)S(=O)(=O)c1ccc(NC(C)=O)cc1.